The Hall–Kier alpha value is -3.27. The van der Waals surface area contributed by atoms with Gasteiger partial charge in [-0.1, -0.05) is 48.5 Å². The van der Waals surface area contributed by atoms with Gasteiger partial charge in [0.1, 0.15) is 0 Å². The number of nitrogens with zero attached hydrogens (tertiary/aromatic N) is 1. The Balaban J connectivity index is 1.83. The summed E-state index contributed by atoms with van der Waals surface area (Å²) < 4.78 is 2.09. The predicted molar refractivity (Wildman–Crippen MR) is 96.2 cm³/mol. The molecule has 25 heavy (non-hydrogen) atoms. The number of carboxylic acids is 1. The number of rotatable bonds is 2. The van der Waals surface area contributed by atoms with Crippen molar-refractivity contribution in [2.75, 3.05) is 0 Å². The molecule has 0 aliphatic carbocycles. The Kier molecular flexibility index (Phi) is 2.88. The molecule has 0 radical (unpaired) electrons. The van der Waals surface area contributed by atoms with E-state index in [1.165, 1.54) is 10.9 Å². The largest absolute Gasteiger partial charge is 0.478 e. The van der Waals surface area contributed by atoms with Gasteiger partial charge in [-0.2, -0.15) is 0 Å². The van der Waals surface area contributed by atoms with E-state index in [2.05, 4.69) is 33.8 Å². The maximum absolute atomic E-state index is 11.7. The van der Waals surface area contributed by atoms with Crippen molar-refractivity contribution in [1.82, 2.24) is 9.55 Å². The van der Waals surface area contributed by atoms with Gasteiger partial charge in [-0.3, -0.25) is 0 Å². The second-order valence-electron chi connectivity index (χ2n) is 6.44. The molecule has 1 aliphatic rings. The molecule has 1 unspecified atom stereocenters. The van der Waals surface area contributed by atoms with E-state index in [-0.39, 0.29) is 6.04 Å². The summed E-state index contributed by atoms with van der Waals surface area (Å²) in [6.45, 7) is 0. The summed E-state index contributed by atoms with van der Waals surface area (Å²) in [6, 6.07) is 20.1. The van der Waals surface area contributed by atoms with E-state index in [0.717, 1.165) is 22.5 Å². The van der Waals surface area contributed by atoms with E-state index >= 15 is 0 Å². The Morgan fingerprint density at radius 2 is 1.80 bits per heavy atom. The summed E-state index contributed by atoms with van der Waals surface area (Å²) >= 11 is 0. The molecule has 2 N–H and O–H groups in total. The maximum Gasteiger partial charge on any atom is 0.337 e. The van der Waals surface area contributed by atoms with E-state index in [0.29, 0.717) is 12.0 Å². The summed E-state index contributed by atoms with van der Waals surface area (Å²) in [4.78, 5) is 15.2. The van der Waals surface area contributed by atoms with Crippen LogP contribution in [-0.4, -0.2) is 20.6 Å². The molecule has 0 bridgehead atoms. The number of aromatic carboxylic acids is 1. The molecule has 4 aromatic rings. The van der Waals surface area contributed by atoms with Gasteiger partial charge in [0.15, 0.2) is 0 Å². The Labute approximate surface area is 144 Å². The van der Waals surface area contributed by atoms with Gasteiger partial charge in [-0.05, 0) is 23.3 Å². The number of carboxylic acid groups (broad SMARTS) is 1. The highest BCUT2D eigenvalue weighted by Crippen LogP contribution is 2.40. The summed E-state index contributed by atoms with van der Waals surface area (Å²) in [7, 11) is 0. The number of para-hydroxylation sites is 1. The normalized spacial score (nSPS) is 15.8. The highest BCUT2D eigenvalue weighted by molar-refractivity contribution is 5.91. The number of benzene rings is 2. The van der Waals surface area contributed by atoms with Gasteiger partial charge in [0.25, 0.3) is 0 Å². The Morgan fingerprint density at radius 3 is 2.60 bits per heavy atom. The van der Waals surface area contributed by atoms with E-state index in [9.17, 15) is 9.90 Å². The standard InChI is InChI=1S/C21H16N2O2/c24-21(25)15-10-11-23-18(15)12-16-14-8-4-5-9-17(14)22-19(16)20(23)13-6-2-1-3-7-13/h1-11,20,22H,12H2,(H,24,25). The first kappa shape index (κ1) is 14.1. The third-order valence-corrected chi connectivity index (χ3v) is 5.11. The summed E-state index contributed by atoms with van der Waals surface area (Å²) in [6.07, 6.45) is 2.52. The van der Waals surface area contributed by atoms with Crippen LogP contribution in [0.1, 0.15) is 38.9 Å². The molecule has 122 valence electrons. The first-order valence-corrected chi connectivity index (χ1v) is 8.31. The van der Waals surface area contributed by atoms with Gasteiger partial charge in [0, 0.05) is 34.9 Å². The van der Waals surface area contributed by atoms with Gasteiger partial charge in [-0.15, -0.1) is 0 Å². The molecule has 2 aromatic carbocycles. The van der Waals surface area contributed by atoms with E-state index in [4.69, 9.17) is 0 Å². The highest BCUT2D eigenvalue weighted by atomic mass is 16.4. The highest BCUT2D eigenvalue weighted by Gasteiger charge is 2.32. The lowest BCUT2D eigenvalue weighted by Gasteiger charge is -2.28. The third kappa shape index (κ3) is 1.97. The predicted octanol–water partition coefficient (Wildman–Crippen LogP) is 4.21. The molecule has 0 saturated heterocycles. The van der Waals surface area contributed by atoms with Crippen molar-refractivity contribution >= 4 is 16.9 Å². The van der Waals surface area contributed by atoms with Crippen LogP contribution in [0.15, 0.2) is 66.9 Å². The zero-order valence-electron chi connectivity index (χ0n) is 13.4. The minimum absolute atomic E-state index is 0.0413. The number of aromatic amines is 1. The lowest BCUT2D eigenvalue weighted by atomic mass is 9.92. The molecule has 2 aromatic heterocycles. The van der Waals surface area contributed by atoms with E-state index < -0.39 is 5.97 Å². The van der Waals surface area contributed by atoms with Crippen LogP contribution >= 0.6 is 0 Å². The Morgan fingerprint density at radius 1 is 1.04 bits per heavy atom. The molecule has 3 heterocycles. The smallest absolute Gasteiger partial charge is 0.337 e. The first-order chi connectivity index (χ1) is 12.2. The number of hydrogen-bond acceptors (Lipinski definition) is 1. The lowest BCUT2D eigenvalue weighted by molar-refractivity contribution is 0.0695. The molecular weight excluding hydrogens is 312 g/mol. The number of H-pyrrole nitrogens is 1. The van der Waals surface area contributed by atoms with Gasteiger partial charge >= 0.3 is 5.97 Å². The van der Waals surface area contributed by atoms with E-state index in [1.807, 2.05) is 36.5 Å². The van der Waals surface area contributed by atoms with E-state index in [1.54, 1.807) is 6.07 Å². The summed E-state index contributed by atoms with van der Waals surface area (Å²) in [5, 5.41) is 10.7. The fourth-order valence-electron chi connectivity index (χ4n) is 4.02. The molecule has 0 saturated carbocycles. The van der Waals surface area contributed by atoms with Crippen molar-refractivity contribution < 1.29 is 9.90 Å². The number of hydrogen-bond donors (Lipinski definition) is 2. The van der Waals surface area contributed by atoms with Crippen molar-refractivity contribution in [2.24, 2.45) is 0 Å². The van der Waals surface area contributed by atoms with Crippen LogP contribution in [0.3, 0.4) is 0 Å². The van der Waals surface area contributed by atoms with Gasteiger partial charge in [0.05, 0.1) is 11.6 Å². The van der Waals surface area contributed by atoms with Gasteiger partial charge in [0.2, 0.25) is 0 Å². The number of fused-ring (bicyclic) bond motifs is 4. The molecule has 5 rings (SSSR count). The van der Waals surface area contributed by atoms with Crippen LogP contribution < -0.4 is 0 Å². The summed E-state index contributed by atoms with van der Waals surface area (Å²) in [5.41, 5.74) is 5.82. The average molecular weight is 328 g/mol. The molecular formula is C21H16N2O2. The molecule has 4 heteroatoms. The number of aromatic nitrogens is 2. The van der Waals surface area contributed by atoms with Crippen molar-refractivity contribution in [2.45, 2.75) is 12.5 Å². The third-order valence-electron chi connectivity index (χ3n) is 5.11. The second kappa shape index (κ2) is 5.11. The van der Waals surface area contributed by atoms with Crippen LogP contribution in [-0.2, 0) is 6.42 Å². The van der Waals surface area contributed by atoms with Crippen LogP contribution in [0.25, 0.3) is 10.9 Å². The SMILES string of the molecule is O=C(O)c1ccn2c1Cc1c([nH]c3ccccc13)C2c1ccccc1. The second-order valence-corrected chi connectivity index (χ2v) is 6.44. The number of carbonyl (C=O) groups is 1. The fraction of sp³-hybridized carbons (Fsp3) is 0.0952. The first-order valence-electron chi connectivity index (χ1n) is 8.31. The van der Waals surface area contributed by atoms with Crippen molar-refractivity contribution in [1.29, 1.82) is 0 Å². The quantitative estimate of drug-likeness (QED) is 0.510. The van der Waals surface area contributed by atoms with Crippen LogP contribution in [0, 0.1) is 0 Å². The average Bonchev–Trinajstić information content (AvgIpc) is 3.21. The van der Waals surface area contributed by atoms with Crippen LogP contribution in [0.2, 0.25) is 0 Å². The molecule has 1 atom stereocenters. The minimum Gasteiger partial charge on any atom is -0.478 e. The van der Waals surface area contributed by atoms with Crippen molar-refractivity contribution in [3.05, 3.63) is 94.9 Å². The zero-order chi connectivity index (χ0) is 17.0. The van der Waals surface area contributed by atoms with Crippen molar-refractivity contribution in [3.8, 4) is 0 Å². The maximum atomic E-state index is 11.7. The van der Waals surface area contributed by atoms with Crippen molar-refractivity contribution in [3.63, 3.8) is 0 Å². The minimum atomic E-state index is -0.871. The lowest BCUT2D eigenvalue weighted by Crippen LogP contribution is -2.22. The van der Waals surface area contributed by atoms with Crippen LogP contribution in [0.4, 0.5) is 0 Å². The van der Waals surface area contributed by atoms with Crippen LogP contribution in [0.5, 0.6) is 0 Å². The molecule has 4 nitrogen and oxygen atoms in total. The summed E-state index contributed by atoms with van der Waals surface area (Å²) in [5.74, 6) is -0.871. The molecule has 0 amide bonds. The zero-order valence-corrected chi connectivity index (χ0v) is 13.4. The molecule has 0 spiro atoms. The molecule has 1 aliphatic heterocycles. The topological polar surface area (TPSA) is 58.0 Å². The number of nitrogens with one attached hydrogen (secondary N) is 1. The van der Waals surface area contributed by atoms with Gasteiger partial charge < -0.3 is 14.7 Å². The molecule has 0 fully saturated rings. The fourth-order valence-corrected chi connectivity index (χ4v) is 4.02. The van der Waals surface area contributed by atoms with Gasteiger partial charge in [-0.25, -0.2) is 4.79 Å². The Bertz CT molecular complexity index is 1110. The monoisotopic (exact) mass is 328 g/mol.